The lowest BCUT2D eigenvalue weighted by Gasteiger charge is -2.26. The molecule has 1 saturated heterocycles. The first-order valence-corrected chi connectivity index (χ1v) is 8.39. The molecule has 1 aliphatic heterocycles. The molecule has 1 aromatic heterocycles. The summed E-state index contributed by atoms with van der Waals surface area (Å²) in [6, 6.07) is 9.08. The molecule has 0 bridgehead atoms. The van der Waals surface area contributed by atoms with Crippen LogP contribution in [0.25, 0.3) is 0 Å². The maximum Gasteiger partial charge on any atom is 0.287 e. The molecule has 0 atom stereocenters. The number of ether oxygens (including phenoxy) is 1. The molecule has 6 nitrogen and oxygen atoms in total. The Hall–Kier alpha value is -2.38. The molecule has 0 radical (unpaired) electrons. The van der Waals surface area contributed by atoms with Gasteiger partial charge in [0.25, 0.3) is 5.91 Å². The molecule has 1 amide bonds. The number of hydrogen-bond donors (Lipinski definition) is 2. The van der Waals surface area contributed by atoms with Crippen molar-refractivity contribution in [3.63, 3.8) is 0 Å². The van der Waals surface area contributed by atoms with Crippen molar-refractivity contribution in [1.29, 1.82) is 0 Å². The number of piperazine rings is 1. The van der Waals surface area contributed by atoms with Crippen LogP contribution >= 0.6 is 0 Å². The average Bonchev–Trinajstić information content (AvgIpc) is 3.11. The quantitative estimate of drug-likeness (QED) is 0.797. The van der Waals surface area contributed by atoms with Crippen LogP contribution in [0, 0.1) is 5.82 Å². The van der Waals surface area contributed by atoms with E-state index in [1.165, 1.54) is 12.1 Å². The van der Waals surface area contributed by atoms with E-state index in [1.54, 1.807) is 24.3 Å². The Bertz CT molecular complexity index is 681. The standard InChI is InChI=1S/C18H22FN3O3/c19-14-1-3-15(4-2-14)24-13-16-5-6-17(25-16)18(23)21-9-12-22-10-7-20-8-11-22/h1-6,20H,7-13H2,(H,21,23). The SMILES string of the molecule is O=C(NCCN1CCNCC1)c1ccc(COc2ccc(F)cc2)o1. The van der Waals surface area contributed by atoms with Crippen LogP contribution in [-0.2, 0) is 6.61 Å². The van der Waals surface area contributed by atoms with Crippen LogP contribution in [0.1, 0.15) is 16.3 Å². The highest BCUT2D eigenvalue weighted by molar-refractivity contribution is 5.91. The minimum atomic E-state index is -0.315. The lowest BCUT2D eigenvalue weighted by atomic mass is 10.3. The molecule has 3 rings (SSSR count). The van der Waals surface area contributed by atoms with E-state index in [2.05, 4.69) is 15.5 Å². The van der Waals surface area contributed by atoms with Gasteiger partial charge < -0.3 is 19.8 Å². The first-order chi connectivity index (χ1) is 12.2. The Kier molecular flexibility index (Phi) is 6.03. The van der Waals surface area contributed by atoms with E-state index in [1.807, 2.05) is 0 Å². The third kappa shape index (κ3) is 5.30. The first-order valence-electron chi connectivity index (χ1n) is 8.39. The third-order valence-corrected chi connectivity index (χ3v) is 4.00. The molecule has 0 unspecified atom stereocenters. The summed E-state index contributed by atoms with van der Waals surface area (Å²) < 4.78 is 23.8. The van der Waals surface area contributed by atoms with Crippen LogP contribution in [0.4, 0.5) is 4.39 Å². The number of nitrogens with zero attached hydrogens (tertiary/aromatic N) is 1. The lowest BCUT2D eigenvalue weighted by molar-refractivity contribution is 0.0915. The number of halogens is 1. The molecule has 1 aromatic carbocycles. The van der Waals surface area contributed by atoms with Crippen LogP contribution in [0.3, 0.4) is 0 Å². The molecule has 0 saturated carbocycles. The maximum absolute atomic E-state index is 12.8. The van der Waals surface area contributed by atoms with Crippen molar-refractivity contribution in [2.45, 2.75) is 6.61 Å². The van der Waals surface area contributed by atoms with Crippen molar-refractivity contribution in [2.75, 3.05) is 39.3 Å². The molecule has 25 heavy (non-hydrogen) atoms. The molecule has 1 fully saturated rings. The van der Waals surface area contributed by atoms with Gasteiger partial charge in [0.1, 0.15) is 23.9 Å². The fourth-order valence-electron chi connectivity index (χ4n) is 2.61. The van der Waals surface area contributed by atoms with E-state index in [0.717, 1.165) is 32.7 Å². The zero-order chi connectivity index (χ0) is 17.5. The van der Waals surface area contributed by atoms with Crippen LogP contribution < -0.4 is 15.4 Å². The summed E-state index contributed by atoms with van der Waals surface area (Å²) in [7, 11) is 0. The van der Waals surface area contributed by atoms with Crippen LogP contribution in [-0.4, -0.2) is 50.1 Å². The zero-order valence-electron chi connectivity index (χ0n) is 14.0. The maximum atomic E-state index is 12.8. The van der Waals surface area contributed by atoms with Crippen LogP contribution in [0.15, 0.2) is 40.8 Å². The topological polar surface area (TPSA) is 66.7 Å². The van der Waals surface area contributed by atoms with Gasteiger partial charge in [-0.1, -0.05) is 0 Å². The number of benzene rings is 1. The largest absolute Gasteiger partial charge is 0.486 e. The Morgan fingerprint density at radius 3 is 2.72 bits per heavy atom. The zero-order valence-corrected chi connectivity index (χ0v) is 14.0. The number of nitrogens with one attached hydrogen (secondary N) is 2. The number of hydrogen-bond acceptors (Lipinski definition) is 5. The second-order valence-electron chi connectivity index (χ2n) is 5.86. The fraction of sp³-hybridized carbons (Fsp3) is 0.389. The van der Waals surface area contributed by atoms with E-state index in [0.29, 0.717) is 18.1 Å². The van der Waals surface area contributed by atoms with Gasteiger partial charge in [-0.3, -0.25) is 9.69 Å². The summed E-state index contributed by atoms with van der Waals surface area (Å²) in [4.78, 5) is 14.4. The number of carbonyl (C=O) groups is 1. The molecule has 2 N–H and O–H groups in total. The summed E-state index contributed by atoms with van der Waals surface area (Å²) in [6.45, 7) is 5.57. The van der Waals surface area contributed by atoms with E-state index in [-0.39, 0.29) is 24.1 Å². The summed E-state index contributed by atoms with van der Waals surface area (Å²) in [6.07, 6.45) is 0. The Labute approximate surface area is 145 Å². The molecule has 2 aromatic rings. The van der Waals surface area contributed by atoms with Gasteiger partial charge in [0.05, 0.1) is 0 Å². The van der Waals surface area contributed by atoms with Crippen LogP contribution in [0.2, 0.25) is 0 Å². The predicted molar refractivity (Wildman–Crippen MR) is 91.1 cm³/mol. The highest BCUT2D eigenvalue weighted by Gasteiger charge is 2.13. The molecule has 134 valence electrons. The summed E-state index contributed by atoms with van der Waals surface area (Å²) in [5, 5.41) is 6.16. The molecular formula is C18H22FN3O3. The van der Waals surface area contributed by atoms with E-state index < -0.39 is 0 Å². The van der Waals surface area contributed by atoms with Gasteiger partial charge in [-0.15, -0.1) is 0 Å². The Balaban J connectivity index is 1.42. The van der Waals surface area contributed by atoms with E-state index in [4.69, 9.17) is 9.15 Å². The number of amides is 1. The van der Waals surface area contributed by atoms with E-state index in [9.17, 15) is 9.18 Å². The van der Waals surface area contributed by atoms with Gasteiger partial charge in [-0.25, -0.2) is 4.39 Å². The van der Waals surface area contributed by atoms with Crippen molar-refractivity contribution in [3.05, 3.63) is 53.7 Å². The molecular weight excluding hydrogens is 325 g/mol. The number of carbonyl (C=O) groups excluding carboxylic acids is 1. The molecule has 2 heterocycles. The molecule has 1 aliphatic rings. The third-order valence-electron chi connectivity index (χ3n) is 4.00. The second-order valence-corrected chi connectivity index (χ2v) is 5.86. The van der Waals surface area contributed by atoms with Gasteiger partial charge in [0, 0.05) is 39.3 Å². The summed E-state index contributed by atoms with van der Waals surface area (Å²) in [5.41, 5.74) is 0. The van der Waals surface area contributed by atoms with Crippen LogP contribution in [0.5, 0.6) is 5.75 Å². The van der Waals surface area contributed by atoms with Gasteiger partial charge in [0.2, 0.25) is 0 Å². The molecule has 7 heteroatoms. The second kappa shape index (κ2) is 8.64. The van der Waals surface area contributed by atoms with Gasteiger partial charge in [0.15, 0.2) is 5.76 Å². The average molecular weight is 347 g/mol. The monoisotopic (exact) mass is 347 g/mol. The number of rotatable bonds is 7. The minimum Gasteiger partial charge on any atom is -0.486 e. The molecule has 0 spiro atoms. The normalized spacial score (nSPS) is 15.1. The predicted octanol–water partition coefficient (Wildman–Crippen LogP) is 1.63. The smallest absolute Gasteiger partial charge is 0.287 e. The van der Waals surface area contributed by atoms with Crippen molar-refractivity contribution in [2.24, 2.45) is 0 Å². The highest BCUT2D eigenvalue weighted by Crippen LogP contribution is 2.15. The van der Waals surface area contributed by atoms with Crippen molar-refractivity contribution in [1.82, 2.24) is 15.5 Å². The Morgan fingerprint density at radius 2 is 1.96 bits per heavy atom. The highest BCUT2D eigenvalue weighted by atomic mass is 19.1. The van der Waals surface area contributed by atoms with Crippen molar-refractivity contribution >= 4 is 5.91 Å². The lowest BCUT2D eigenvalue weighted by Crippen LogP contribution is -2.46. The minimum absolute atomic E-state index is 0.180. The summed E-state index contributed by atoms with van der Waals surface area (Å²) in [5.74, 6) is 0.794. The van der Waals surface area contributed by atoms with Gasteiger partial charge in [-0.2, -0.15) is 0 Å². The number of furan rings is 1. The van der Waals surface area contributed by atoms with Crippen molar-refractivity contribution in [3.8, 4) is 5.75 Å². The fourth-order valence-corrected chi connectivity index (χ4v) is 2.61. The molecule has 0 aliphatic carbocycles. The van der Waals surface area contributed by atoms with E-state index >= 15 is 0 Å². The first kappa shape index (κ1) is 17.4. The van der Waals surface area contributed by atoms with Crippen molar-refractivity contribution < 1.29 is 18.3 Å². The Morgan fingerprint density at radius 1 is 1.20 bits per heavy atom. The summed E-state index contributed by atoms with van der Waals surface area (Å²) >= 11 is 0. The van der Waals surface area contributed by atoms with Gasteiger partial charge >= 0.3 is 0 Å². The van der Waals surface area contributed by atoms with Gasteiger partial charge in [-0.05, 0) is 36.4 Å².